The van der Waals surface area contributed by atoms with E-state index in [1.165, 1.54) is 14.5 Å². The molecule has 0 N–H and O–H groups in total. The SMILES string of the molecule is Cc1csc2c(Cl)ncc(I)c12. The monoisotopic (exact) mass is 309 g/mol. The van der Waals surface area contributed by atoms with Gasteiger partial charge in [0.2, 0.25) is 0 Å². The van der Waals surface area contributed by atoms with Gasteiger partial charge in [-0.05, 0) is 40.5 Å². The van der Waals surface area contributed by atoms with Gasteiger partial charge in [0.05, 0.1) is 4.70 Å². The highest BCUT2D eigenvalue weighted by Crippen LogP contribution is 2.33. The van der Waals surface area contributed by atoms with Crippen molar-refractivity contribution in [2.45, 2.75) is 6.92 Å². The van der Waals surface area contributed by atoms with Crippen molar-refractivity contribution in [3.05, 3.63) is 25.9 Å². The minimum atomic E-state index is 0.614. The Morgan fingerprint density at radius 3 is 3.00 bits per heavy atom. The van der Waals surface area contributed by atoms with Gasteiger partial charge in [0.25, 0.3) is 0 Å². The maximum absolute atomic E-state index is 5.94. The zero-order valence-electron chi connectivity index (χ0n) is 6.27. The fourth-order valence-corrected chi connectivity index (χ4v) is 3.37. The number of hydrogen-bond acceptors (Lipinski definition) is 2. The predicted molar refractivity (Wildman–Crippen MR) is 62.1 cm³/mol. The molecule has 12 heavy (non-hydrogen) atoms. The molecular weight excluding hydrogens is 305 g/mol. The van der Waals surface area contributed by atoms with Gasteiger partial charge in [-0.25, -0.2) is 4.98 Å². The van der Waals surface area contributed by atoms with Crippen LogP contribution in [-0.4, -0.2) is 4.98 Å². The van der Waals surface area contributed by atoms with Crippen LogP contribution in [0.1, 0.15) is 5.56 Å². The summed E-state index contributed by atoms with van der Waals surface area (Å²) in [7, 11) is 0. The standard InChI is InChI=1S/C8H5ClINS/c1-4-3-12-7-6(4)5(10)2-11-8(7)9/h2-3H,1H3. The smallest absolute Gasteiger partial charge is 0.146 e. The summed E-state index contributed by atoms with van der Waals surface area (Å²) in [5, 5.41) is 3.98. The van der Waals surface area contributed by atoms with Crippen LogP contribution in [0, 0.1) is 10.5 Å². The molecule has 0 bridgehead atoms. The molecule has 0 unspecified atom stereocenters. The van der Waals surface area contributed by atoms with Crippen molar-refractivity contribution in [1.29, 1.82) is 0 Å². The van der Waals surface area contributed by atoms with Gasteiger partial charge in [0.1, 0.15) is 5.15 Å². The summed E-state index contributed by atoms with van der Waals surface area (Å²) in [6, 6.07) is 0. The van der Waals surface area contributed by atoms with E-state index in [0.29, 0.717) is 5.15 Å². The highest BCUT2D eigenvalue weighted by Gasteiger charge is 2.07. The third-order valence-corrected chi connectivity index (χ3v) is 4.01. The number of thiophene rings is 1. The van der Waals surface area contributed by atoms with Gasteiger partial charge in [-0.3, -0.25) is 0 Å². The van der Waals surface area contributed by atoms with Crippen molar-refractivity contribution in [3.63, 3.8) is 0 Å². The molecule has 0 saturated heterocycles. The molecule has 0 spiro atoms. The molecule has 0 amide bonds. The second kappa shape index (κ2) is 3.12. The minimum absolute atomic E-state index is 0.614. The number of pyridine rings is 1. The van der Waals surface area contributed by atoms with E-state index in [1.54, 1.807) is 11.3 Å². The zero-order chi connectivity index (χ0) is 8.72. The fraction of sp³-hybridized carbons (Fsp3) is 0.125. The summed E-state index contributed by atoms with van der Waals surface area (Å²) in [6.45, 7) is 2.09. The molecular formula is C8H5ClINS. The number of halogens is 2. The molecule has 62 valence electrons. The van der Waals surface area contributed by atoms with Crippen LogP contribution in [0.25, 0.3) is 10.1 Å². The first kappa shape index (κ1) is 8.72. The van der Waals surface area contributed by atoms with E-state index in [-0.39, 0.29) is 0 Å². The van der Waals surface area contributed by atoms with Gasteiger partial charge in [-0.2, -0.15) is 0 Å². The summed E-state index contributed by atoms with van der Waals surface area (Å²) in [5.74, 6) is 0. The van der Waals surface area contributed by atoms with E-state index in [2.05, 4.69) is 39.9 Å². The van der Waals surface area contributed by atoms with Crippen molar-refractivity contribution in [3.8, 4) is 0 Å². The third-order valence-electron chi connectivity index (χ3n) is 1.69. The number of aryl methyl sites for hydroxylation is 1. The number of aromatic nitrogens is 1. The average Bonchev–Trinajstić information content (AvgIpc) is 2.42. The predicted octanol–water partition coefficient (Wildman–Crippen LogP) is 3.86. The average molecular weight is 310 g/mol. The first-order valence-electron chi connectivity index (χ1n) is 3.38. The second-order valence-corrected chi connectivity index (χ2v) is 4.92. The van der Waals surface area contributed by atoms with E-state index < -0.39 is 0 Å². The normalized spacial score (nSPS) is 10.9. The van der Waals surface area contributed by atoms with Crippen molar-refractivity contribution in [1.82, 2.24) is 4.98 Å². The Balaban J connectivity index is 2.98. The number of fused-ring (bicyclic) bond motifs is 1. The van der Waals surface area contributed by atoms with Gasteiger partial charge in [0.15, 0.2) is 0 Å². The molecule has 2 aromatic heterocycles. The summed E-state index contributed by atoms with van der Waals surface area (Å²) >= 11 is 9.88. The quantitative estimate of drug-likeness (QED) is 0.532. The number of nitrogens with zero attached hydrogens (tertiary/aromatic N) is 1. The van der Waals surface area contributed by atoms with Gasteiger partial charge in [-0.15, -0.1) is 11.3 Å². The summed E-state index contributed by atoms with van der Waals surface area (Å²) in [4.78, 5) is 4.09. The lowest BCUT2D eigenvalue weighted by atomic mass is 10.2. The molecule has 2 aromatic rings. The van der Waals surface area contributed by atoms with Crippen LogP contribution in [0.5, 0.6) is 0 Å². The molecule has 1 nitrogen and oxygen atoms in total. The van der Waals surface area contributed by atoms with E-state index in [0.717, 1.165) is 4.70 Å². The first-order valence-corrected chi connectivity index (χ1v) is 5.71. The van der Waals surface area contributed by atoms with Gasteiger partial charge in [-0.1, -0.05) is 11.6 Å². The van der Waals surface area contributed by atoms with Crippen molar-refractivity contribution in [2.24, 2.45) is 0 Å². The van der Waals surface area contributed by atoms with E-state index in [1.807, 2.05) is 6.20 Å². The first-order chi connectivity index (χ1) is 5.70. The molecule has 0 aliphatic heterocycles. The topological polar surface area (TPSA) is 12.9 Å². The van der Waals surface area contributed by atoms with Crippen LogP contribution in [0.3, 0.4) is 0 Å². The molecule has 0 aliphatic carbocycles. The maximum Gasteiger partial charge on any atom is 0.146 e. The van der Waals surface area contributed by atoms with Crippen LogP contribution < -0.4 is 0 Å². The number of rotatable bonds is 0. The lowest BCUT2D eigenvalue weighted by molar-refractivity contribution is 1.35. The third kappa shape index (κ3) is 1.24. The molecule has 0 aromatic carbocycles. The van der Waals surface area contributed by atoms with Crippen molar-refractivity contribution < 1.29 is 0 Å². The molecule has 0 radical (unpaired) electrons. The minimum Gasteiger partial charge on any atom is -0.242 e. The van der Waals surface area contributed by atoms with Gasteiger partial charge >= 0.3 is 0 Å². The molecule has 4 heteroatoms. The zero-order valence-corrected chi connectivity index (χ0v) is 10.00. The second-order valence-electron chi connectivity index (χ2n) is 2.52. The molecule has 0 fully saturated rings. The Morgan fingerprint density at radius 1 is 1.58 bits per heavy atom. The van der Waals surface area contributed by atoms with Crippen LogP contribution >= 0.6 is 45.5 Å². The lowest BCUT2D eigenvalue weighted by Gasteiger charge is -1.96. The summed E-state index contributed by atoms with van der Waals surface area (Å²) in [6.07, 6.45) is 1.81. The Labute approximate surface area is 92.9 Å². The highest BCUT2D eigenvalue weighted by molar-refractivity contribution is 14.1. The fourth-order valence-electron chi connectivity index (χ4n) is 1.13. The summed E-state index contributed by atoms with van der Waals surface area (Å²) < 4.78 is 2.27. The van der Waals surface area contributed by atoms with Crippen LogP contribution in [0.2, 0.25) is 5.15 Å². The Kier molecular flexibility index (Phi) is 2.27. The van der Waals surface area contributed by atoms with Crippen LogP contribution in [0.15, 0.2) is 11.6 Å². The van der Waals surface area contributed by atoms with Gasteiger partial charge < -0.3 is 0 Å². The molecule has 0 saturated carbocycles. The number of hydrogen-bond donors (Lipinski definition) is 0. The maximum atomic E-state index is 5.94. The Morgan fingerprint density at radius 2 is 2.33 bits per heavy atom. The lowest BCUT2D eigenvalue weighted by Crippen LogP contribution is -1.80. The molecule has 2 heterocycles. The molecule has 0 atom stereocenters. The van der Waals surface area contributed by atoms with Gasteiger partial charge in [0, 0.05) is 15.2 Å². The van der Waals surface area contributed by atoms with Crippen molar-refractivity contribution in [2.75, 3.05) is 0 Å². The Bertz CT molecular complexity index is 438. The van der Waals surface area contributed by atoms with E-state index >= 15 is 0 Å². The van der Waals surface area contributed by atoms with E-state index in [9.17, 15) is 0 Å². The Hall–Kier alpha value is 0.130. The van der Waals surface area contributed by atoms with Crippen LogP contribution in [-0.2, 0) is 0 Å². The van der Waals surface area contributed by atoms with Crippen LogP contribution in [0.4, 0.5) is 0 Å². The summed E-state index contributed by atoms with van der Waals surface area (Å²) in [5.41, 5.74) is 1.28. The molecule has 2 rings (SSSR count). The molecule has 0 aliphatic rings. The van der Waals surface area contributed by atoms with Crippen molar-refractivity contribution >= 4 is 55.6 Å². The largest absolute Gasteiger partial charge is 0.242 e. The van der Waals surface area contributed by atoms with E-state index in [4.69, 9.17) is 11.6 Å². The highest BCUT2D eigenvalue weighted by atomic mass is 127.